The van der Waals surface area contributed by atoms with Crippen molar-refractivity contribution < 1.29 is 4.79 Å². The van der Waals surface area contributed by atoms with Gasteiger partial charge in [-0.05, 0) is 36.6 Å². The van der Waals surface area contributed by atoms with E-state index in [9.17, 15) is 4.79 Å². The molecule has 0 saturated heterocycles. The second kappa shape index (κ2) is 5.02. The van der Waals surface area contributed by atoms with Gasteiger partial charge in [0.25, 0.3) is 0 Å². The summed E-state index contributed by atoms with van der Waals surface area (Å²) in [6.07, 6.45) is 3.33. The van der Waals surface area contributed by atoms with Crippen molar-refractivity contribution in [3.63, 3.8) is 0 Å². The molecule has 1 atom stereocenters. The monoisotopic (exact) mass is 290 g/mol. The zero-order chi connectivity index (χ0) is 15.1. The Hall–Kier alpha value is -2.55. The molecule has 0 saturated carbocycles. The SMILES string of the molecule is C[C@H]1Cc2ccccc2N1C(=O)Cc1c[nH]c2ccccc12. The van der Waals surface area contributed by atoms with Gasteiger partial charge in [0.1, 0.15) is 0 Å². The molecule has 3 aromatic rings. The Bertz CT molecular complexity index is 849. The predicted octanol–water partition coefficient (Wildman–Crippen LogP) is 3.69. The third-order valence-corrected chi connectivity index (χ3v) is 4.49. The number of para-hydroxylation sites is 2. The van der Waals surface area contributed by atoms with Crippen LogP contribution in [0, 0.1) is 0 Å². The third-order valence-electron chi connectivity index (χ3n) is 4.49. The van der Waals surface area contributed by atoms with Crippen molar-refractivity contribution in [2.24, 2.45) is 0 Å². The molecule has 1 amide bonds. The Morgan fingerprint density at radius 3 is 2.86 bits per heavy atom. The van der Waals surface area contributed by atoms with Crippen LogP contribution in [-0.4, -0.2) is 16.9 Å². The Morgan fingerprint density at radius 1 is 1.18 bits per heavy atom. The Balaban J connectivity index is 1.65. The lowest BCUT2D eigenvalue weighted by Crippen LogP contribution is -2.36. The van der Waals surface area contributed by atoms with E-state index in [-0.39, 0.29) is 11.9 Å². The number of hydrogen-bond donors (Lipinski definition) is 1. The molecule has 110 valence electrons. The van der Waals surface area contributed by atoms with E-state index >= 15 is 0 Å². The van der Waals surface area contributed by atoms with Gasteiger partial charge in [0.2, 0.25) is 5.91 Å². The average molecular weight is 290 g/mol. The molecule has 1 aliphatic heterocycles. The number of amides is 1. The molecule has 1 aliphatic rings. The maximum atomic E-state index is 12.8. The smallest absolute Gasteiger partial charge is 0.231 e. The molecular formula is C19H18N2O. The number of aromatic nitrogens is 1. The molecule has 0 aliphatic carbocycles. The van der Waals surface area contributed by atoms with Gasteiger partial charge in [-0.3, -0.25) is 4.79 Å². The van der Waals surface area contributed by atoms with Gasteiger partial charge in [-0.15, -0.1) is 0 Å². The van der Waals surface area contributed by atoms with E-state index in [2.05, 4.69) is 24.0 Å². The molecule has 22 heavy (non-hydrogen) atoms. The minimum Gasteiger partial charge on any atom is -0.361 e. The molecule has 2 heterocycles. The van der Waals surface area contributed by atoms with E-state index in [0.29, 0.717) is 6.42 Å². The highest BCUT2D eigenvalue weighted by Crippen LogP contribution is 2.32. The molecule has 4 rings (SSSR count). The molecule has 3 heteroatoms. The van der Waals surface area contributed by atoms with Crippen molar-refractivity contribution in [2.75, 3.05) is 4.90 Å². The van der Waals surface area contributed by atoms with Gasteiger partial charge in [0.15, 0.2) is 0 Å². The van der Waals surface area contributed by atoms with Gasteiger partial charge in [0.05, 0.1) is 6.42 Å². The number of hydrogen-bond acceptors (Lipinski definition) is 1. The van der Waals surface area contributed by atoms with Crippen molar-refractivity contribution in [2.45, 2.75) is 25.8 Å². The van der Waals surface area contributed by atoms with Gasteiger partial charge >= 0.3 is 0 Å². The summed E-state index contributed by atoms with van der Waals surface area (Å²) in [6.45, 7) is 2.12. The van der Waals surface area contributed by atoms with Crippen LogP contribution < -0.4 is 4.90 Å². The summed E-state index contributed by atoms with van der Waals surface area (Å²) in [5.41, 5.74) is 4.49. The highest BCUT2D eigenvalue weighted by Gasteiger charge is 2.30. The second-order valence-corrected chi connectivity index (χ2v) is 5.98. The van der Waals surface area contributed by atoms with Crippen LogP contribution in [0.15, 0.2) is 54.7 Å². The maximum absolute atomic E-state index is 12.8. The Morgan fingerprint density at radius 2 is 1.95 bits per heavy atom. The van der Waals surface area contributed by atoms with Crippen LogP contribution in [0.25, 0.3) is 10.9 Å². The number of nitrogens with one attached hydrogen (secondary N) is 1. The van der Waals surface area contributed by atoms with E-state index in [4.69, 9.17) is 0 Å². The molecule has 0 radical (unpaired) electrons. The third kappa shape index (κ3) is 2.01. The number of aromatic amines is 1. The van der Waals surface area contributed by atoms with Crippen LogP contribution in [0.5, 0.6) is 0 Å². The lowest BCUT2D eigenvalue weighted by atomic mass is 10.1. The fourth-order valence-corrected chi connectivity index (χ4v) is 3.47. The molecule has 3 nitrogen and oxygen atoms in total. The molecule has 2 aromatic carbocycles. The second-order valence-electron chi connectivity index (χ2n) is 5.98. The molecule has 0 spiro atoms. The van der Waals surface area contributed by atoms with E-state index < -0.39 is 0 Å². The van der Waals surface area contributed by atoms with Gasteiger partial charge in [-0.25, -0.2) is 0 Å². The standard InChI is InChI=1S/C19H18N2O/c1-13-10-14-6-2-5-9-18(14)21(13)19(22)11-15-12-20-17-8-4-3-7-16(15)17/h2-9,12-13,20H,10-11H2,1H3/t13-/m0/s1. The number of carbonyl (C=O) groups excluding carboxylic acids is 1. The zero-order valence-corrected chi connectivity index (χ0v) is 12.5. The Kier molecular flexibility index (Phi) is 3.00. The largest absolute Gasteiger partial charge is 0.361 e. The number of nitrogens with zero attached hydrogens (tertiary/aromatic N) is 1. The first-order chi connectivity index (χ1) is 10.7. The first-order valence-electron chi connectivity index (χ1n) is 7.69. The minimum absolute atomic E-state index is 0.169. The summed E-state index contributed by atoms with van der Waals surface area (Å²) in [5, 5.41) is 1.14. The van der Waals surface area contributed by atoms with Crippen LogP contribution in [0.2, 0.25) is 0 Å². The summed E-state index contributed by atoms with van der Waals surface area (Å²) in [7, 11) is 0. The van der Waals surface area contributed by atoms with Crippen molar-refractivity contribution in [3.8, 4) is 0 Å². The summed E-state index contributed by atoms with van der Waals surface area (Å²) in [5.74, 6) is 0.169. The van der Waals surface area contributed by atoms with E-state index in [1.165, 1.54) is 5.56 Å². The van der Waals surface area contributed by atoms with Crippen molar-refractivity contribution in [3.05, 3.63) is 65.9 Å². The minimum atomic E-state index is 0.169. The number of anilines is 1. The lowest BCUT2D eigenvalue weighted by Gasteiger charge is -2.22. The van der Waals surface area contributed by atoms with Crippen LogP contribution in [0.1, 0.15) is 18.1 Å². The van der Waals surface area contributed by atoms with E-state index in [0.717, 1.165) is 28.6 Å². The molecule has 1 N–H and O–H groups in total. The number of carbonyl (C=O) groups is 1. The Labute approximate surface area is 129 Å². The summed E-state index contributed by atoms with van der Waals surface area (Å²) in [6, 6.07) is 16.6. The van der Waals surface area contributed by atoms with Crippen LogP contribution in [0.4, 0.5) is 5.69 Å². The average Bonchev–Trinajstić information content (AvgIpc) is 3.07. The zero-order valence-electron chi connectivity index (χ0n) is 12.5. The number of H-pyrrole nitrogens is 1. The lowest BCUT2D eigenvalue weighted by molar-refractivity contribution is -0.118. The predicted molar refractivity (Wildman–Crippen MR) is 89.1 cm³/mol. The number of fused-ring (bicyclic) bond motifs is 2. The van der Waals surface area contributed by atoms with Crippen molar-refractivity contribution in [1.82, 2.24) is 4.98 Å². The normalized spacial score (nSPS) is 17.0. The first kappa shape index (κ1) is 13.1. The topological polar surface area (TPSA) is 36.1 Å². The van der Waals surface area contributed by atoms with Crippen LogP contribution in [0.3, 0.4) is 0 Å². The molecule has 0 fully saturated rings. The van der Waals surface area contributed by atoms with E-state index in [1.54, 1.807) is 0 Å². The van der Waals surface area contributed by atoms with Crippen molar-refractivity contribution >= 4 is 22.5 Å². The van der Waals surface area contributed by atoms with Crippen LogP contribution >= 0.6 is 0 Å². The maximum Gasteiger partial charge on any atom is 0.231 e. The van der Waals surface area contributed by atoms with Gasteiger partial charge in [-0.2, -0.15) is 0 Å². The highest BCUT2D eigenvalue weighted by molar-refractivity contribution is 5.99. The summed E-state index contributed by atoms with van der Waals surface area (Å²) < 4.78 is 0. The summed E-state index contributed by atoms with van der Waals surface area (Å²) in [4.78, 5) is 18.0. The van der Waals surface area contributed by atoms with Gasteiger partial charge in [-0.1, -0.05) is 36.4 Å². The highest BCUT2D eigenvalue weighted by atomic mass is 16.2. The summed E-state index contributed by atoms with van der Waals surface area (Å²) >= 11 is 0. The van der Waals surface area contributed by atoms with Gasteiger partial charge in [0, 0.05) is 28.8 Å². The number of rotatable bonds is 2. The quantitative estimate of drug-likeness (QED) is 0.767. The van der Waals surface area contributed by atoms with Crippen LogP contribution in [-0.2, 0) is 17.6 Å². The fraction of sp³-hybridized carbons (Fsp3) is 0.211. The fourth-order valence-electron chi connectivity index (χ4n) is 3.47. The molecular weight excluding hydrogens is 272 g/mol. The molecule has 1 aromatic heterocycles. The molecule has 0 bridgehead atoms. The first-order valence-corrected chi connectivity index (χ1v) is 7.69. The van der Waals surface area contributed by atoms with Crippen molar-refractivity contribution in [1.29, 1.82) is 0 Å². The van der Waals surface area contributed by atoms with Gasteiger partial charge < -0.3 is 9.88 Å². The van der Waals surface area contributed by atoms with E-state index in [1.807, 2.05) is 47.5 Å². The molecule has 0 unspecified atom stereocenters. The number of benzene rings is 2.